The van der Waals surface area contributed by atoms with Crippen LogP contribution in [0.25, 0.3) is 10.9 Å². The molecule has 1 aromatic carbocycles. The minimum absolute atomic E-state index is 0.162. The van der Waals surface area contributed by atoms with Gasteiger partial charge in [-0.3, -0.25) is 9.48 Å². The number of nitrogens with one attached hydrogen (secondary N) is 3. The fraction of sp³-hybridized carbons (Fsp3) is 0.480. The smallest absolute Gasteiger partial charge is 0.335 e. The summed E-state index contributed by atoms with van der Waals surface area (Å²) in [7, 11) is -2.89. The lowest BCUT2D eigenvalue weighted by atomic mass is 10.0. The van der Waals surface area contributed by atoms with Gasteiger partial charge in [0.25, 0.3) is 5.56 Å². The first-order valence-electron chi connectivity index (χ1n) is 12.0. The highest BCUT2D eigenvalue weighted by atomic mass is 32.2. The molecule has 3 unspecified atom stereocenters. The van der Waals surface area contributed by atoms with Gasteiger partial charge in [0, 0.05) is 22.0 Å². The van der Waals surface area contributed by atoms with E-state index in [2.05, 4.69) is 10.3 Å². The second-order valence-electron chi connectivity index (χ2n) is 10.2. The molecule has 3 aromatic rings. The first-order chi connectivity index (χ1) is 16.9. The van der Waals surface area contributed by atoms with Crippen LogP contribution in [-0.2, 0) is 24.0 Å². The number of aromatic amines is 1. The summed E-state index contributed by atoms with van der Waals surface area (Å²) in [5, 5.41) is 7.98. The summed E-state index contributed by atoms with van der Waals surface area (Å²) < 4.78 is 33.8. The van der Waals surface area contributed by atoms with E-state index in [-0.39, 0.29) is 29.4 Å². The maximum Gasteiger partial charge on any atom is 0.335 e. The van der Waals surface area contributed by atoms with E-state index < -0.39 is 21.4 Å². The maximum atomic E-state index is 12.7. The number of pyridine rings is 1. The number of carbonyl (C=O) groups excluding carboxylic acids is 1. The summed E-state index contributed by atoms with van der Waals surface area (Å²) in [5.41, 5.74) is 0.435. The quantitative estimate of drug-likeness (QED) is 0.415. The van der Waals surface area contributed by atoms with Crippen molar-refractivity contribution < 1.29 is 18.5 Å². The molecule has 1 aliphatic heterocycles. The van der Waals surface area contributed by atoms with Gasteiger partial charge in [-0.1, -0.05) is 0 Å². The van der Waals surface area contributed by atoms with Crippen molar-refractivity contribution in [2.45, 2.75) is 75.4 Å². The molecular weight excluding hydrogens is 482 g/mol. The number of ether oxygens (including phenoxy) is 2. The number of rotatable bonds is 6. The monoisotopic (exact) mass is 515 g/mol. The van der Waals surface area contributed by atoms with Crippen molar-refractivity contribution in [3.63, 3.8) is 0 Å². The minimum atomic E-state index is -2.89. The molecule has 1 fully saturated rings. The fourth-order valence-electron chi connectivity index (χ4n) is 4.10. The lowest BCUT2D eigenvalue weighted by molar-refractivity contribution is -0.172. The zero-order chi connectivity index (χ0) is 26.3. The van der Waals surface area contributed by atoms with Crippen molar-refractivity contribution in [1.29, 1.82) is 4.78 Å². The second kappa shape index (κ2) is 9.70. The van der Waals surface area contributed by atoms with E-state index in [0.717, 1.165) is 0 Å². The van der Waals surface area contributed by atoms with Gasteiger partial charge in [-0.15, -0.1) is 0 Å². The van der Waals surface area contributed by atoms with Crippen LogP contribution in [0.15, 0.2) is 46.2 Å². The van der Waals surface area contributed by atoms with E-state index in [9.17, 15) is 13.8 Å². The van der Waals surface area contributed by atoms with Gasteiger partial charge in [0.05, 0.1) is 27.9 Å². The van der Waals surface area contributed by atoms with Gasteiger partial charge < -0.3 is 19.8 Å². The van der Waals surface area contributed by atoms with Gasteiger partial charge >= 0.3 is 5.97 Å². The fourth-order valence-corrected chi connectivity index (χ4v) is 5.18. The Morgan fingerprint density at radius 1 is 1.25 bits per heavy atom. The molecule has 0 amide bonds. The highest BCUT2D eigenvalue weighted by Crippen LogP contribution is 2.31. The summed E-state index contributed by atoms with van der Waals surface area (Å²) in [6, 6.07) is 8.40. The summed E-state index contributed by atoms with van der Waals surface area (Å²) in [6.45, 7) is 9.24. The molecule has 194 valence electrons. The molecule has 2 aromatic heterocycles. The Balaban J connectivity index is 1.57. The van der Waals surface area contributed by atoms with Crippen molar-refractivity contribution in [2.24, 2.45) is 0 Å². The van der Waals surface area contributed by atoms with Crippen molar-refractivity contribution in [3.8, 4) is 0 Å². The summed E-state index contributed by atoms with van der Waals surface area (Å²) in [5.74, 6) is 0.00642. The van der Waals surface area contributed by atoms with Crippen LogP contribution in [0.4, 0.5) is 11.5 Å². The lowest BCUT2D eigenvalue weighted by Gasteiger charge is -2.30. The molecule has 10 nitrogen and oxygen atoms in total. The predicted molar refractivity (Wildman–Crippen MR) is 138 cm³/mol. The van der Waals surface area contributed by atoms with Crippen LogP contribution in [0, 0.1) is 4.78 Å². The average molecular weight is 516 g/mol. The molecule has 0 radical (unpaired) electrons. The first-order valence-corrected chi connectivity index (χ1v) is 13.6. The second-order valence-corrected chi connectivity index (χ2v) is 12.9. The topological polar surface area (TPSA) is 139 Å². The highest BCUT2D eigenvalue weighted by Gasteiger charge is 2.32. The summed E-state index contributed by atoms with van der Waals surface area (Å²) in [4.78, 5) is 28.3. The zero-order valence-electron chi connectivity index (χ0n) is 21.2. The number of nitrogens with zero attached hydrogens (tertiary/aromatic N) is 2. The number of hydrogen-bond acceptors (Lipinski definition) is 8. The Hall–Kier alpha value is -3.18. The molecular formula is C25H33N5O5S. The molecule has 0 aliphatic carbocycles. The summed E-state index contributed by atoms with van der Waals surface area (Å²) in [6.07, 6.45) is 2.07. The number of hydrogen-bond donors (Lipinski definition) is 3. The Labute approximate surface area is 210 Å². The molecule has 1 saturated heterocycles. The molecule has 0 saturated carbocycles. The number of fused-ring (bicyclic) bond motifs is 1. The van der Waals surface area contributed by atoms with E-state index >= 15 is 0 Å². The van der Waals surface area contributed by atoms with Crippen LogP contribution in [0.5, 0.6) is 0 Å². The molecule has 1 aliphatic rings. The third-order valence-corrected chi connectivity index (χ3v) is 8.33. The number of benzene rings is 1. The van der Waals surface area contributed by atoms with Gasteiger partial charge in [-0.2, -0.15) is 5.10 Å². The summed E-state index contributed by atoms with van der Waals surface area (Å²) >= 11 is 0. The molecule has 4 rings (SSSR count). The number of H-pyrrole nitrogens is 1. The minimum Gasteiger partial charge on any atom is -0.458 e. The van der Waals surface area contributed by atoms with Crippen molar-refractivity contribution in [3.05, 3.63) is 46.9 Å². The van der Waals surface area contributed by atoms with Gasteiger partial charge in [-0.25, -0.2) is 13.8 Å². The standard InChI is InChI=1S/C25H33N5O5S/c1-15(2)36(26,33)18-9-6-16(7-10-18)28-22-21-19(12-13-27-23(21)31)30(29-22)17-8-11-20(34-14-17)24(32)35-25(3,4)5/h6-7,9-10,12-13,15,17,20,26H,8,11,14H2,1-5H3,(H,27,31)(H,28,29). The van der Waals surface area contributed by atoms with Crippen LogP contribution in [0.1, 0.15) is 53.5 Å². The van der Waals surface area contributed by atoms with E-state index in [1.807, 2.05) is 20.8 Å². The zero-order valence-corrected chi connectivity index (χ0v) is 22.0. The Morgan fingerprint density at radius 2 is 1.94 bits per heavy atom. The molecule has 0 spiro atoms. The number of aromatic nitrogens is 3. The van der Waals surface area contributed by atoms with Gasteiger partial charge in [0.1, 0.15) is 11.0 Å². The van der Waals surface area contributed by atoms with Crippen molar-refractivity contribution in [2.75, 3.05) is 11.9 Å². The SMILES string of the molecule is CC(C)S(=N)(=O)c1ccc(Nc2nn(C3CCC(C(=O)OC(C)(C)C)OC3)c3cc[nH]c(=O)c23)cc1. The third kappa shape index (κ3) is 5.31. The Morgan fingerprint density at radius 3 is 2.53 bits per heavy atom. The number of esters is 1. The normalized spacial score (nSPS) is 20.3. The Kier molecular flexibility index (Phi) is 6.98. The number of anilines is 2. The van der Waals surface area contributed by atoms with E-state index in [1.165, 1.54) is 0 Å². The maximum absolute atomic E-state index is 12.7. The molecule has 36 heavy (non-hydrogen) atoms. The van der Waals surface area contributed by atoms with E-state index in [4.69, 9.17) is 19.4 Å². The molecule has 3 N–H and O–H groups in total. The highest BCUT2D eigenvalue weighted by molar-refractivity contribution is 7.93. The largest absolute Gasteiger partial charge is 0.458 e. The molecule has 3 heterocycles. The van der Waals surface area contributed by atoms with Crippen molar-refractivity contribution in [1.82, 2.24) is 14.8 Å². The van der Waals surface area contributed by atoms with Crippen molar-refractivity contribution >= 4 is 38.1 Å². The van der Waals surface area contributed by atoms with Gasteiger partial charge in [0.15, 0.2) is 11.9 Å². The van der Waals surface area contributed by atoms with Crippen LogP contribution in [0.3, 0.4) is 0 Å². The van der Waals surface area contributed by atoms with Crippen LogP contribution in [-0.4, -0.2) is 48.5 Å². The van der Waals surface area contributed by atoms with E-state index in [0.29, 0.717) is 40.1 Å². The predicted octanol–water partition coefficient (Wildman–Crippen LogP) is 4.34. The average Bonchev–Trinajstić information content (AvgIpc) is 3.18. The van der Waals surface area contributed by atoms with E-state index in [1.54, 1.807) is 55.1 Å². The molecule has 11 heteroatoms. The number of carbonyl (C=O) groups is 1. The Bertz CT molecular complexity index is 1410. The van der Waals surface area contributed by atoms with Gasteiger partial charge in [-0.05, 0) is 77.8 Å². The molecule has 3 atom stereocenters. The lowest BCUT2D eigenvalue weighted by Crippen LogP contribution is -2.38. The molecule has 0 bridgehead atoms. The van der Waals surface area contributed by atoms with Gasteiger partial charge in [0.2, 0.25) is 0 Å². The first kappa shape index (κ1) is 25.9. The van der Waals surface area contributed by atoms with Crippen LogP contribution in [0.2, 0.25) is 0 Å². The third-order valence-electron chi connectivity index (χ3n) is 6.03. The van der Waals surface area contributed by atoms with Crippen LogP contribution < -0.4 is 10.9 Å². The van der Waals surface area contributed by atoms with Crippen LogP contribution >= 0.6 is 0 Å².